The van der Waals surface area contributed by atoms with E-state index in [9.17, 15) is 14.4 Å². The van der Waals surface area contributed by atoms with Crippen molar-refractivity contribution in [1.82, 2.24) is 35.1 Å². The number of methoxy groups -OCH3 is 2. The van der Waals surface area contributed by atoms with Crippen molar-refractivity contribution in [2.45, 2.75) is 64.8 Å². The topological polar surface area (TPSA) is 155 Å². The fraction of sp³-hybridized carbons (Fsp3) is 0.383. The summed E-state index contributed by atoms with van der Waals surface area (Å²) in [5.41, 5.74) is 7.45. The Bertz CT molecular complexity index is 2580. The van der Waals surface area contributed by atoms with E-state index in [0.29, 0.717) is 37.7 Å². The molecule has 5 atom stereocenters. The highest BCUT2D eigenvalue weighted by molar-refractivity contribution is 6.07. The number of benzene rings is 4. The summed E-state index contributed by atoms with van der Waals surface area (Å²) < 4.78 is 16.8. The van der Waals surface area contributed by atoms with Crippen LogP contribution in [-0.4, -0.2) is 81.6 Å². The van der Waals surface area contributed by atoms with Crippen LogP contribution >= 0.6 is 0 Å². The third kappa shape index (κ3) is 7.14. The van der Waals surface area contributed by atoms with Gasteiger partial charge in [0.05, 0.1) is 48.7 Å². The average molecular weight is 810 g/mol. The van der Waals surface area contributed by atoms with E-state index in [2.05, 4.69) is 65.5 Å². The second-order valence-electron chi connectivity index (χ2n) is 16.8. The van der Waals surface area contributed by atoms with E-state index < -0.39 is 12.1 Å². The lowest BCUT2D eigenvalue weighted by Gasteiger charge is -2.28. The van der Waals surface area contributed by atoms with Crippen LogP contribution in [0, 0.1) is 17.8 Å². The van der Waals surface area contributed by atoms with Gasteiger partial charge in [0.25, 0.3) is 5.91 Å². The van der Waals surface area contributed by atoms with Gasteiger partial charge in [0.1, 0.15) is 30.0 Å². The van der Waals surface area contributed by atoms with E-state index in [0.717, 1.165) is 80.6 Å². The van der Waals surface area contributed by atoms with E-state index in [-0.39, 0.29) is 41.7 Å². The van der Waals surface area contributed by atoms with E-state index in [1.54, 1.807) is 7.11 Å². The van der Waals surface area contributed by atoms with E-state index in [1.165, 1.54) is 7.11 Å². The summed E-state index contributed by atoms with van der Waals surface area (Å²) in [7, 11) is 3.00. The zero-order valence-corrected chi connectivity index (χ0v) is 34.7. The fourth-order valence-electron chi connectivity index (χ4n) is 9.20. The molecular weight excluding hydrogens is 759 g/mol. The number of fused-ring (bicyclic) bond motifs is 6. The standard InChI is InChI=1S/C47H51N7O6/c1-26(2)27(3)45(55)54-23-28(24-58-4)18-39(54)43-48-22-37(50-43)31-13-15-33-32(19-31)25-60-40-21-34-30(20-35(33)40)14-16-36-42(34)51-44(49-36)38-12-9-17-53(38)46(56)41(52-47(57)59-5)29-10-7-6-8-11-29/h6-8,10-11,13-16,19-22,26-28,38-39,41H,9,12,17-18,23-25H2,1-5H3,(H,48,50)(H,49,51)(H,52,57)/t27?,28-,38-,39-,41+/m0/s1. The molecule has 3 amide bonds. The summed E-state index contributed by atoms with van der Waals surface area (Å²) in [6.07, 6.45) is 3.55. The first-order chi connectivity index (χ1) is 29.1. The van der Waals surface area contributed by atoms with Gasteiger partial charge in [-0.25, -0.2) is 14.8 Å². The first-order valence-corrected chi connectivity index (χ1v) is 20.9. The Morgan fingerprint density at radius 3 is 2.53 bits per heavy atom. The molecule has 6 aromatic rings. The zero-order valence-electron chi connectivity index (χ0n) is 34.7. The molecule has 3 aliphatic rings. The van der Waals surface area contributed by atoms with Crippen LogP contribution < -0.4 is 10.1 Å². The minimum absolute atomic E-state index is 0.0791. The summed E-state index contributed by atoms with van der Waals surface area (Å²) in [5, 5.41) is 4.72. The summed E-state index contributed by atoms with van der Waals surface area (Å²) in [4.78, 5) is 60.9. The fourth-order valence-corrected chi connectivity index (χ4v) is 9.20. The highest BCUT2D eigenvalue weighted by atomic mass is 16.5. The van der Waals surface area contributed by atoms with Gasteiger partial charge in [0.2, 0.25) is 5.91 Å². The maximum Gasteiger partial charge on any atom is 0.407 e. The summed E-state index contributed by atoms with van der Waals surface area (Å²) >= 11 is 0. The third-order valence-electron chi connectivity index (χ3n) is 12.7. The lowest BCUT2D eigenvalue weighted by Crippen LogP contribution is -2.42. The molecule has 5 heterocycles. The lowest BCUT2D eigenvalue weighted by molar-refractivity contribution is -0.137. The number of carbonyl (C=O) groups is 3. The number of ether oxygens (including phenoxy) is 3. The maximum absolute atomic E-state index is 14.1. The van der Waals surface area contributed by atoms with Crippen LogP contribution in [0.5, 0.6) is 5.75 Å². The maximum atomic E-state index is 14.1. The zero-order chi connectivity index (χ0) is 41.7. The number of likely N-dealkylation sites (tertiary alicyclic amines) is 2. The largest absolute Gasteiger partial charge is 0.488 e. The first kappa shape index (κ1) is 39.3. The number of alkyl carbamates (subject to hydrolysis) is 1. The minimum atomic E-state index is -0.892. The minimum Gasteiger partial charge on any atom is -0.488 e. The second-order valence-corrected chi connectivity index (χ2v) is 16.8. The van der Waals surface area contributed by atoms with Gasteiger partial charge in [-0.2, -0.15) is 0 Å². The molecule has 3 N–H and O–H groups in total. The van der Waals surface area contributed by atoms with Crippen molar-refractivity contribution in [2.75, 3.05) is 33.9 Å². The Morgan fingerprint density at radius 1 is 0.917 bits per heavy atom. The monoisotopic (exact) mass is 809 g/mol. The van der Waals surface area contributed by atoms with Crippen molar-refractivity contribution < 1.29 is 28.6 Å². The molecule has 0 spiro atoms. The number of nitrogens with one attached hydrogen (secondary N) is 3. The number of aromatic amines is 2. The molecule has 1 unspecified atom stereocenters. The van der Waals surface area contributed by atoms with Crippen LogP contribution in [0.25, 0.3) is 44.2 Å². The van der Waals surface area contributed by atoms with Gasteiger partial charge >= 0.3 is 6.09 Å². The van der Waals surface area contributed by atoms with Crippen LogP contribution in [0.15, 0.2) is 79.0 Å². The molecule has 3 aliphatic heterocycles. The van der Waals surface area contributed by atoms with Gasteiger partial charge in [-0.1, -0.05) is 69.3 Å². The molecule has 60 heavy (non-hydrogen) atoms. The molecule has 13 heteroatoms. The second kappa shape index (κ2) is 16.1. The van der Waals surface area contributed by atoms with Crippen molar-refractivity contribution in [3.63, 3.8) is 0 Å². The van der Waals surface area contributed by atoms with Crippen LogP contribution in [-0.2, 0) is 25.7 Å². The molecule has 2 fully saturated rings. The van der Waals surface area contributed by atoms with Gasteiger partial charge in [-0.15, -0.1) is 0 Å². The van der Waals surface area contributed by atoms with E-state index in [4.69, 9.17) is 24.2 Å². The molecule has 310 valence electrons. The number of carbonyl (C=O) groups excluding carboxylic acids is 3. The summed E-state index contributed by atoms with van der Waals surface area (Å²) in [6, 6.07) is 22.7. The van der Waals surface area contributed by atoms with E-state index in [1.807, 2.05) is 59.3 Å². The Kier molecular flexibility index (Phi) is 10.5. The van der Waals surface area contributed by atoms with Gasteiger partial charge < -0.3 is 39.3 Å². The molecule has 0 radical (unpaired) electrons. The molecule has 2 saturated heterocycles. The smallest absolute Gasteiger partial charge is 0.407 e. The number of aromatic nitrogens is 4. The van der Waals surface area contributed by atoms with Crippen LogP contribution in [0.3, 0.4) is 0 Å². The predicted molar refractivity (Wildman–Crippen MR) is 228 cm³/mol. The van der Waals surface area contributed by atoms with Gasteiger partial charge in [0.15, 0.2) is 0 Å². The Hall–Kier alpha value is -6.21. The van der Waals surface area contributed by atoms with Crippen molar-refractivity contribution >= 4 is 39.7 Å². The molecule has 0 aliphatic carbocycles. The molecule has 9 rings (SSSR count). The molecule has 2 aromatic heterocycles. The van der Waals surface area contributed by atoms with E-state index >= 15 is 0 Å². The first-order valence-electron chi connectivity index (χ1n) is 20.9. The van der Waals surface area contributed by atoms with Crippen LogP contribution in [0.1, 0.15) is 80.9 Å². The Balaban J connectivity index is 0.976. The van der Waals surface area contributed by atoms with Gasteiger partial charge in [0, 0.05) is 43.0 Å². The summed E-state index contributed by atoms with van der Waals surface area (Å²) in [6.45, 7) is 8.41. The van der Waals surface area contributed by atoms with Crippen molar-refractivity contribution in [3.05, 3.63) is 102 Å². The molecular formula is C47H51N7O6. The quantitative estimate of drug-likeness (QED) is 0.125. The number of hydrogen-bond donors (Lipinski definition) is 3. The normalized spacial score (nSPS) is 19.6. The highest BCUT2D eigenvalue weighted by Crippen LogP contribution is 2.44. The SMILES string of the molecule is COC[C@H]1C[C@@H](c2ncc(-c3ccc4c(c3)COc3cc5c(ccc6[nH]c([C@@H]7CCCN7C(=O)[C@H](NC(=O)OC)c7ccccc7)nc65)cc3-4)[nH]2)N(C(=O)C(C)C(C)C)C1. The van der Waals surface area contributed by atoms with Crippen molar-refractivity contribution in [1.29, 1.82) is 0 Å². The van der Waals surface area contributed by atoms with Crippen molar-refractivity contribution in [3.8, 4) is 28.1 Å². The number of hydrogen-bond acceptors (Lipinski definition) is 8. The number of rotatable bonds is 10. The Labute approximate surface area is 348 Å². The predicted octanol–water partition coefficient (Wildman–Crippen LogP) is 8.25. The van der Waals surface area contributed by atoms with Crippen LogP contribution in [0.4, 0.5) is 4.79 Å². The van der Waals surface area contributed by atoms with Crippen LogP contribution in [0.2, 0.25) is 0 Å². The van der Waals surface area contributed by atoms with Gasteiger partial charge in [-0.3, -0.25) is 9.59 Å². The van der Waals surface area contributed by atoms with Crippen molar-refractivity contribution in [2.24, 2.45) is 17.8 Å². The Morgan fingerprint density at radius 2 is 1.75 bits per heavy atom. The number of imidazole rings is 2. The highest BCUT2D eigenvalue weighted by Gasteiger charge is 2.40. The van der Waals surface area contributed by atoms with Gasteiger partial charge in [-0.05, 0) is 77.1 Å². The molecule has 13 nitrogen and oxygen atoms in total. The number of H-pyrrole nitrogens is 2. The third-order valence-corrected chi connectivity index (χ3v) is 12.7. The summed E-state index contributed by atoms with van der Waals surface area (Å²) in [5.74, 6) is 2.66. The number of amides is 3. The molecule has 0 saturated carbocycles. The number of nitrogens with zero attached hydrogens (tertiary/aromatic N) is 4. The molecule has 4 aromatic carbocycles. The average Bonchev–Trinajstić information content (AvgIpc) is 4.10. The lowest BCUT2D eigenvalue weighted by atomic mass is 9.92. The molecule has 0 bridgehead atoms.